The number of isocyanates is 1. The van der Waals surface area contributed by atoms with Crippen LogP contribution < -0.4 is 10.4 Å². The van der Waals surface area contributed by atoms with Crippen LogP contribution in [0.15, 0.2) is 65.7 Å². The van der Waals surface area contributed by atoms with Crippen molar-refractivity contribution in [1.29, 1.82) is 0 Å². The molecule has 0 atom stereocenters. The zero-order valence-corrected chi connectivity index (χ0v) is 13.8. The zero-order chi connectivity index (χ0) is 15.2. The predicted molar refractivity (Wildman–Crippen MR) is 93.4 cm³/mol. The summed E-state index contributed by atoms with van der Waals surface area (Å²) in [6.45, 7) is 0. The van der Waals surface area contributed by atoms with Crippen LogP contribution in [-0.4, -0.2) is 20.9 Å². The Bertz CT molecular complexity index is 589. The molecule has 3 heteroatoms. The second-order valence-corrected chi connectivity index (χ2v) is 9.32. The maximum Gasteiger partial charge on any atom is 0.235 e. The smallest absolute Gasteiger partial charge is 0.211 e. The fraction of sp³-hybridized carbons (Fsp3) is 0.316. The van der Waals surface area contributed by atoms with Gasteiger partial charge in [-0.1, -0.05) is 83.9 Å². The molecule has 3 rings (SSSR count). The number of nitrogens with zero attached hydrogens (tertiary/aromatic N) is 1. The van der Waals surface area contributed by atoms with Crippen LogP contribution >= 0.6 is 0 Å². The summed E-state index contributed by atoms with van der Waals surface area (Å²) in [6, 6.07) is 22.2. The SMILES string of the molecule is O=C=NC1CCC([SiH](c2ccccc2)c2ccccc2)CC1. The number of hydrogen-bond donors (Lipinski definition) is 0. The van der Waals surface area contributed by atoms with E-state index in [1.165, 1.54) is 23.2 Å². The quantitative estimate of drug-likeness (QED) is 0.485. The first kappa shape index (κ1) is 15.0. The normalized spacial score (nSPS) is 21.3. The van der Waals surface area contributed by atoms with Gasteiger partial charge in [0.25, 0.3) is 0 Å². The first-order valence-corrected chi connectivity index (χ1v) is 9.87. The van der Waals surface area contributed by atoms with E-state index in [0.717, 1.165) is 18.4 Å². The molecule has 0 bridgehead atoms. The number of carbonyl (C=O) groups excluding carboxylic acids is 1. The van der Waals surface area contributed by atoms with Crippen LogP contribution in [-0.2, 0) is 4.79 Å². The van der Waals surface area contributed by atoms with E-state index in [0.29, 0.717) is 0 Å². The van der Waals surface area contributed by atoms with Crippen molar-refractivity contribution in [2.24, 2.45) is 4.99 Å². The lowest BCUT2D eigenvalue weighted by Crippen LogP contribution is -2.47. The van der Waals surface area contributed by atoms with Crippen LogP contribution in [0.1, 0.15) is 25.7 Å². The van der Waals surface area contributed by atoms with Gasteiger partial charge in [-0.15, -0.1) is 0 Å². The molecule has 0 heterocycles. The number of hydrogen-bond acceptors (Lipinski definition) is 2. The molecular formula is C19H21NOSi. The third-order valence-corrected chi connectivity index (χ3v) is 8.58. The first-order chi connectivity index (χ1) is 10.9. The number of aliphatic imine (C=N–C) groups is 1. The summed E-state index contributed by atoms with van der Waals surface area (Å²) in [5.41, 5.74) is 0.753. The van der Waals surface area contributed by atoms with Gasteiger partial charge in [-0.25, -0.2) is 9.79 Å². The molecule has 112 valence electrons. The lowest BCUT2D eigenvalue weighted by molar-refractivity contribution is 0.436. The van der Waals surface area contributed by atoms with Gasteiger partial charge in [0.05, 0.1) is 6.04 Å². The molecular weight excluding hydrogens is 286 g/mol. The van der Waals surface area contributed by atoms with Gasteiger partial charge >= 0.3 is 0 Å². The van der Waals surface area contributed by atoms with Crippen molar-refractivity contribution in [2.75, 3.05) is 0 Å². The molecule has 2 nitrogen and oxygen atoms in total. The van der Waals surface area contributed by atoms with Crippen molar-refractivity contribution in [3.8, 4) is 0 Å². The minimum Gasteiger partial charge on any atom is -0.211 e. The Labute approximate surface area is 133 Å². The topological polar surface area (TPSA) is 29.4 Å². The third-order valence-electron chi connectivity index (χ3n) is 4.77. The lowest BCUT2D eigenvalue weighted by Gasteiger charge is -2.32. The van der Waals surface area contributed by atoms with E-state index in [-0.39, 0.29) is 6.04 Å². The second-order valence-electron chi connectivity index (χ2n) is 6.09. The Morgan fingerprint density at radius 1 is 0.818 bits per heavy atom. The average molecular weight is 307 g/mol. The lowest BCUT2D eigenvalue weighted by atomic mass is 9.95. The third kappa shape index (κ3) is 3.44. The first-order valence-electron chi connectivity index (χ1n) is 8.05. The van der Waals surface area contributed by atoms with E-state index in [9.17, 15) is 4.79 Å². The van der Waals surface area contributed by atoms with Crippen LogP contribution in [0.2, 0.25) is 5.54 Å². The Kier molecular flexibility index (Phi) is 4.99. The van der Waals surface area contributed by atoms with Gasteiger partial charge in [-0.05, 0) is 18.4 Å². The van der Waals surface area contributed by atoms with Crippen molar-refractivity contribution in [3.63, 3.8) is 0 Å². The molecule has 2 aromatic carbocycles. The van der Waals surface area contributed by atoms with Gasteiger partial charge in [-0.2, -0.15) is 0 Å². The maximum absolute atomic E-state index is 10.4. The van der Waals surface area contributed by atoms with E-state index < -0.39 is 8.80 Å². The van der Waals surface area contributed by atoms with Crippen LogP contribution in [0.5, 0.6) is 0 Å². The van der Waals surface area contributed by atoms with Crippen molar-refractivity contribution < 1.29 is 4.79 Å². The Balaban J connectivity index is 1.86. The molecule has 0 aliphatic heterocycles. The molecule has 2 aromatic rings. The highest BCUT2D eigenvalue weighted by atomic mass is 28.3. The predicted octanol–water partition coefficient (Wildman–Crippen LogP) is 2.68. The fourth-order valence-electron chi connectivity index (χ4n) is 3.70. The van der Waals surface area contributed by atoms with Gasteiger partial charge in [0.15, 0.2) is 0 Å². The Morgan fingerprint density at radius 3 is 1.77 bits per heavy atom. The molecule has 0 N–H and O–H groups in total. The average Bonchev–Trinajstić information content (AvgIpc) is 2.59. The molecule has 0 spiro atoms. The van der Waals surface area contributed by atoms with Gasteiger partial charge in [0, 0.05) is 0 Å². The Hall–Kier alpha value is -1.96. The highest BCUT2D eigenvalue weighted by Crippen LogP contribution is 2.32. The largest absolute Gasteiger partial charge is 0.235 e. The summed E-state index contributed by atoms with van der Waals surface area (Å²) in [6.07, 6.45) is 6.15. The molecule has 1 aliphatic carbocycles. The van der Waals surface area contributed by atoms with Crippen LogP contribution in [0.4, 0.5) is 0 Å². The van der Waals surface area contributed by atoms with Gasteiger partial charge < -0.3 is 0 Å². The van der Waals surface area contributed by atoms with Gasteiger partial charge in [0.2, 0.25) is 6.08 Å². The minimum absolute atomic E-state index is 0.204. The summed E-state index contributed by atoms with van der Waals surface area (Å²) in [5, 5.41) is 3.05. The molecule has 1 fully saturated rings. The molecule has 0 saturated heterocycles. The van der Waals surface area contributed by atoms with Crippen molar-refractivity contribution in [1.82, 2.24) is 0 Å². The van der Waals surface area contributed by atoms with E-state index in [1.807, 2.05) is 0 Å². The highest BCUT2D eigenvalue weighted by Gasteiger charge is 2.30. The second kappa shape index (κ2) is 7.35. The van der Waals surface area contributed by atoms with Crippen LogP contribution in [0.3, 0.4) is 0 Å². The van der Waals surface area contributed by atoms with E-state index in [2.05, 4.69) is 65.7 Å². The summed E-state index contributed by atoms with van der Waals surface area (Å²) in [7, 11) is -1.22. The maximum atomic E-state index is 10.4. The molecule has 0 aromatic heterocycles. The summed E-state index contributed by atoms with van der Waals surface area (Å²) >= 11 is 0. The van der Waals surface area contributed by atoms with Crippen LogP contribution in [0, 0.1) is 0 Å². The highest BCUT2D eigenvalue weighted by molar-refractivity contribution is 6.86. The van der Waals surface area contributed by atoms with Crippen molar-refractivity contribution in [2.45, 2.75) is 37.3 Å². The molecule has 0 amide bonds. The van der Waals surface area contributed by atoms with Gasteiger partial charge in [0.1, 0.15) is 8.80 Å². The number of rotatable bonds is 4. The van der Waals surface area contributed by atoms with E-state index >= 15 is 0 Å². The number of benzene rings is 2. The zero-order valence-electron chi connectivity index (χ0n) is 12.7. The Morgan fingerprint density at radius 2 is 1.32 bits per heavy atom. The minimum atomic E-state index is -1.22. The van der Waals surface area contributed by atoms with Gasteiger partial charge in [-0.3, -0.25) is 0 Å². The fourth-order valence-corrected chi connectivity index (χ4v) is 7.50. The standard InChI is InChI=1S/C19H21NOSi/c21-15-20-16-11-13-19(14-12-16)22(17-7-3-1-4-8-17)18-9-5-2-6-10-18/h1-10,16,19,22H,11-14H2. The molecule has 1 aliphatic rings. The van der Waals surface area contributed by atoms with Crippen LogP contribution in [0.25, 0.3) is 0 Å². The summed E-state index contributed by atoms with van der Waals surface area (Å²) in [5.74, 6) is 0. The molecule has 0 unspecified atom stereocenters. The van der Waals surface area contributed by atoms with Crippen molar-refractivity contribution in [3.05, 3.63) is 60.7 Å². The summed E-state index contributed by atoms with van der Waals surface area (Å²) < 4.78 is 0. The van der Waals surface area contributed by atoms with E-state index in [1.54, 1.807) is 6.08 Å². The van der Waals surface area contributed by atoms with Crippen molar-refractivity contribution >= 4 is 25.3 Å². The summed E-state index contributed by atoms with van der Waals surface area (Å²) in [4.78, 5) is 14.4. The molecule has 0 radical (unpaired) electrons. The molecule has 1 saturated carbocycles. The molecule has 22 heavy (non-hydrogen) atoms. The van der Waals surface area contributed by atoms with E-state index in [4.69, 9.17) is 0 Å². The monoisotopic (exact) mass is 307 g/mol.